The highest BCUT2D eigenvalue weighted by Crippen LogP contribution is 2.15. The molecule has 142 valence electrons. The molecule has 0 aromatic carbocycles. The molecule has 0 saturated carbocycles. The zero-order valence-corrected chi connectivity index (χ0v) is 16.1. The molecule has 1 saturated heterocycles. The Kier molecular flexibility index (Phi) is 11.2. The average molecular weight is 364 g/mol. The molecule has 0 aromatic heterocycles. The lowest BCUT2D eigenvalue weighted by molar-refractivity contribution is -0.134. The first-order valence-electron chi connectivity index (χ1n) is 8.72. The molecular formula is C17H34ClN3O3. The smallest absolute Gasteiger partial charge is 0.225 e. The zero-order valence-electron chi connectivity index (χ0n) is 15.3. The molecule has 1 fully saturated rings. The minimum Gasteiger partial charge on any atom is -0.378 e. The van der Waals surface area contributed by atoms with E-state index in [0.717, 1.165) is 32.4 Å². The van der Waals surface area contributed by atoms with Gasteiger partial charge in [0.15, 0.2) is 0 Å². The molecule has 0 unspecified atom stereocenters. The number of nitrogens with zero attached hydrogens (tertiary/aromatic N) is 1. The number of hydrogen-bond acceptors (Lipinski definition) is 4. The zero-order chi connectivity index (χ0) is 17.3. The van der Waals surface area contributed by atoms with E-state index in [9.17, 15) is 9.59 Å². The second-order valence-corrected chi connectivity index (χ2v) is 7.20. The lowest BCUT2D eigenvalue weighted by atomic mass is 9.96. The Morgan fingerprint density at radius 3 is 2.38 bits per heavy atom. The predicted molar refractivity (Wildman–Crippen MR) is 98.2 cm³/mol. The van der Waals surface area contributed by atoms with Crippen LogP contribution in [0.4, 0.5) is 0 Å². The van der Waals surface area contributed by atoms with Crippen LogP contribution in [0.1, 0.15) is 52.9 Å². The first-order chi connectivity index (χ1) is 10.8. The van der Waals surface area contributed by atoms with E-state index < -0.39 is 0 Å². The van der Waals surface area contributed by atoms with Gasteiger partial charge in [0.05, 0.1) is 6.10 Å². The number of carbonyl (C=O) groups is 2. The van der Waals surface area contributed by atoms with Crippen molar-refractivity contribution in [3.63, 3.8) is 0 Å². The van der Waals surface area contributed by atoms with Crippen LogP contribution in [0.2, 0.25) is 0 Å². The van der Waals surface area contributed by atoms with Crippen molar-refractivity contribution in [3.05, 3.63) is 0 Å². The monoisotopic (exact) mass is 363 g/mol. The molecule has 7 heteroatoms. The first kappa shape index (κ1) is 23.1. The van der Waals surface area contributed by atoms with Gasteiger partial charge in [0, 0.05) is 38.1 Å². The third kappa shape index (κ3) is 8.85. The molecule has 3 N–H and O–H groups in total. The van der Waals surface area contributed by atoms with Crippen LogP contribution in [0, 0.1) is 5.41 Å². The number of amides is 2. The molecule has 0 radical (unpaired) electrons. The fourth-order valence-corrected chi connectivity index (χ4v) is 2.47. The second kappa shape index (κ2) is 11.7. The lowest BCUT2D eigenvalue weighted by Crippen LogP contribution is -2.41. The summed E-state index contributed by atoms with van der Waals surface area (Å²) in [5, 5.41) is 2.88. The molecule has 0 bridgehead atoms. The van der Waals surface area contributed by atoms with E-state index in [1.165, 1.54) is 0 Å². The normalized spacial score (nSPS) is 15.8. The van der Waals surface area contributed by atoms with Gasteiger partial charge in [-0.25, -0.2) is 0 Å². The molecular weight excluding hydrogens is 330 g/mol. The van der Waals surface area contributed by atoms with Crippen LogP contribution < -0.4 is 11.1 Å². The maximum Gasteiger partial charge on any atom is 0.225 e. The molecule has 1 aliphatic heterocycles. The van der Waals surface area contributed by atoms with Gasteiger partial charge in [0.25, 0.3) is 0 Å². The van der Waals surface area contributed by atoms with Crippen molar-refractivity contribution in [3.8, 4) is 0 Å². The number of carbonyl (C=O) groups excluding carboxylic acids is 2. The minimum absolute atomic E-state index is 0. The van der Waals surface area contributed by atoms with Gasteiger partial charge < -0.3 is 20.7 Å². The first-order valence-corrected chi connectivity index (χ1v) is 8.72. The number of likely N-dealkylation sites (tertiary alicyclic amines) is 1. The SMILES string of the molecule is CC(C)(C)C(=O)NCCCC(=O)N1CCC(OCCCN)CC1.Cl. The summed E-state index contributed by atoms with van der Waals surface area (Å²) in [5.74, 6) is 0.204. The quantitative estimate of drug-likeness (QED) is 0.643. The Balaban J connectivity index is 0.00000529. The van der Waals surface area contributed by atoms with Gasteiger partial charge in [-0.3, -0.25) is 9.59 Å². The second-order valence-electron chi connectivity index (χ2n) is 7.20. The minimum atomic E-state index is -0.379. The van der Waals surface area contributed by atoms with Crippen LogP contribution in [-0.4, -0.2) is 55.6 Å². The van der Waals surface area contributed by atoms with Crippen LogP contribution in [0.3, 0.4) is 0 Å². The van der Waals surface area contributed by atoms with E-state index in [-0.39, 0.29) is 35.7 Å². The maximum absolute atomic E-state index is 12.2. The van der Waals surface area contributed by atoms with E-state index in [4.69, 9.17) is 10.5 Å². The molecule has 0 atom stereocenters. The lowest BCUT2D eigenvalue weighted by Gasteiger charge is -2.32. The van der Waals surface area contributed by atoms with Crippen LogP contribution in [0.25, 0.3) is 0 Å². The van der Waals surface area contributed by atoms with Crippen molar-refractivity contribution < 1.29 is 14.3 Å². The molecule has 1 rings (SSSR count). The van der Waals surface area contributed by atoms with E-state index in [0.29, 0.717) is 32.5 Å². The van der Waals surface area contributed by atoms with Crippen LogP contribution >= 0.6 is 12.4 Å². The van der Waals surface area contributed by atoms with Crippen molar-refractivity contribution in [1.29, 1.82) is 0 Å². The number of halogens is 1. The van der Waals surface area contributed by atoms with Gasteiger partial charge in [-0.2, -0.15) is 0 Å². The van der Waals surface area contributed by atoms with E-state index in [2.05, 4.69) is 5.32 Å². The molecule has 1 heterocycles. The Labute approximate surface area is 152 Å². The molecule has 0 aromatic rings. The third-order valence-corrected chi connectivity index (χ3v) is 4.03. The topological polar surface area (TPSA) is 84.7 Å². The standard InChI is InChI=1S/C17H33N3O3.ClH/c1-17(2,3)16(22)19-10-4-6-15(21)20-11-7-14(8-12-20)23-13-5-9-18;/h14H,4-13,18H2,1-3H3,(H,19,22);1H. The van der Waals surface area contributed by atoms with Gasteiger partial charge in [0.2, 0.25) is 11.8 Å². The van der Waals surface area contributed by atoms with Crippen molar-refractivity contribution in [1.82, 2.24) is 10.2 Å². The maximum atomic E-state index is 12.2. The van der Waals surface area contributed by atoms with E-state index in [1.807, 2.05) is 25.7 Å². The summed E-state index contributed by atoms with van der Waals surface area (Å²) in [5.41, 5.74) is 5.07. The summed E-state index contributed by atoms with van der Waals surface area (Å²) >= 11 is 0. The summed E-state index contributed by atoms with van der Waals surface area (Å²) in [6, 6.07) is 0. The Hall–Kier alpha value is -0.850. The molecule has 0 aliphatic carbocycles. The van der Waals surface area contributed by atoms with E-state index >= 15 is 0 Å². The summed E-state index contributed by atoms with van der Waals surface area (Å²) in [6.45, 7) is 9.10. The molecule has 6 nitrogen and oxygen atoms in total. The highest BCUT2D eigenvalue weighted by atomic mass is 35.5. The highest BCUT2D eigenvalue weighted by Gasteiger charge is 2.23. The van der Waals surface area contributed by atoms with Gasteiger partial charge in [-0.15, -0.1) is 12.4 Å². The van der Waals surface area contributed by atoms with Crippen molar-refractivity contribution in [2.75, 3.05) is 32.8 Å². The summed E-state index contributed by atoms with van der Waals surface area (Å²) in [7, 11) is 0. The van der Waals surface area contributed by atoms with Gasteiger partial charge in [-0.1, -0.05) is 20.8 Å². The third-order valence-electron chi connectivity index (χ3n) is 4.03. The number of ether oxygens (including phenoxy) is 1. The Morgan fingerprint density at radius 2 is 1.83 bits per heavy atom. The number of hydrogen-bond donors (Lipinski definition) is 2. The highest BCUT2D eigenvalue weighted by molar-refractivity contribution is 5.85. The van der Waals surface area contributed by atoms with Crippen LogP contribution in [-0.2, 0) is 14.3 Å². The van der Waals surface area contributed by atoms with Crippen molar-refractivity contribution in [2.45, 2.75) is 59.0 Å². The summed E-state index contributed by atoms with van der Waals surface area (Å²) in [6.07, 6.45) is 4.13. The largest absolute Gasteiger partial charge is 0.378 e. The summed E-state index contributed by atoms with van der Waals surface area (Å²) < 4.78 is 5.74. The number of rotatable bonds is 8. The fraction of sp³-hybridized carbons (Fsp3) is 0.882. The molecule has 0 spiro atoms. The van der Waals surface area contributed by atoms with Crippen molar-refractivity contribution in [2.24, 2.45) is 11.1 Å². The van der Waals surface area contributed by atoms with Crippen LogP contribution in [0.15, 0.2) is 0 Å². The van der Waals surface area contributed by atoms with Crippen molar-refractivity contribution >= 4 is 24.2 Å². The van der Waals surface area contributed by atoms with Crippen LogP contribution in [0.5, 0.6) is 0 Å². The predicted octanol–water partition coefficient (Wildman–Crippen LogP) is 1.71. The number of piperidine rings is 1. The van der Waals surface area contributed by atoms with Gasteiger partial charge in [0.1, 0.15) is 0 Å². The van der Waals surface area contributed by atoms with E-state index in [1.54, 1.807) is 0 Å². The molecule has 24 heavy (non-hydrogen) atoms. The average Bonchev–Trinajstić information content (AvgIpc) is 2.51. The number of nitrogens with two attached hydrogens (primary N) is 1. The summed E-state index contributed by atoms with van der Waals surface area (Å²) in [4.78, 5) is 25.8. The van der Waals surface area contributed by atoms with Gasteiger partial charge >= 0.3 is 0 Å². The molecule has 2 amide bonds. The Bertz CT molecular complexity index is 378. The Morgan fingerprint density at radius 1 is 1.21 bits per heavy atom. The number of nitrogens with one attached hydrogen (secondary N) is 1. The van der Waals surface area contributed by atoms with Gasteiger partial charge in [-0.05, 0) is 32.2 Å². The fourth-order valence-electron chi connectivity index (χ4n) is 2.47. The molecule has 1 aliphatic rings.